The van der Waals surface area contributed by atoms with Gasteiger partial charge in [0.05, 0.1) is 0 Å². The average molecular weight is 285 g/mol. The van der Waals surface area contributed by atoms with E-state index in [-0.39, 0.29) is 5.91 Å². The second kappa shape index (κ2) is 6.39. The number of carboxylic acid groups (broad SMARTS) is 1. The van der Waals surface area contributed by atoms with Crippen molar-refractivity contribution in [1.82, 2.24) is 4.90 Å². The average Bonchev–Trinajstić information content (AvgIpc) is 2.50. The second-order valence-corrected chi connectivity index (χ2v) is 5.04. The van der Waals surface area contributed by atoms with Crippen LogP contribution in [0.3, 0.4) is 0 Å². The van der Waals surface area contributed by atoms with Crippen molar-refractivity contribution >= 4 is 22.6 Å². The van der Waals surface area contributed by atoms with Crippen molar-refractivity contribution in [2.45, 2.75) is 26.3 Å². The molecule has 1 amide bonds. The molecular formula is C17H19NO3. The first kappa shape index (κ1) is 15.0. The number of amides is 1. The highest BCUT2D eigenvalue weighted by molar-refractivity contribution is 6.07. The Labute approximate surface area is 124 Å². The van der Waals surface area contributed by atoms with E-state index in [1.54, 1.807) is 13.0 Å². The molecule has 0 aliphatic heterocycles. The van der Waals surface area contributed by atoms with Crippen molar-refractivity contribution in [3.63, 3.8) is 0 Å². The van der Waals surface area contributed by atoms with Gasteiger partial charge in [-0.15, -0.1) is 0 Å². The Kier molecular flexibility index (Phi) is 4.58. The lowest BCUT2D eigenvalue weighted by Gasteiger charge is -2.26. The van der Waals surface area contributed by atoms with Crippen molar-refractivity contribution in [2.24, 2.45) is 0 Å². The highest BCUT2D eigenvalue weighted by Crippen LogP contribution is 2.21. The number of fused-ring (bicyclic) bond motifs is 1. The molecule has 21 heavy (non-hydrogen) atoms. The van der Waals surface area contributed by atoms with Crippen molar-refractivity contribution in [3.8, 4) is 0 Å². The third kappa shape index (κ3) is 3.05. The summed E-state index contributed by atoms with van der Waals surface area (Å²) in [5.74, 6) is -1.22. The Hall–Kier alpha value is -2.36. The quantitative estimate of drug-likeness (QED) is 0.918. The molecule has 1 N–H and O–H groups in total. The Morgan fingerprint density at radius 1 is 1.14 bits per heavy atom. The molecule has 0 saturated carbocycles. The van der Waals surface area contributed by atoms with Crippen LogP contribution in [0, 0.1) is 0 Å². The molecule has 4 nitrogen and oxygen atoms in total. The SMILES string of the molecule is CCCN(C(=O)c1cccc2ccccc12)C(C)C(=O)O. The van der Waals surface area contributed by atoms with Crippen LogP contribution in [0.1, 0.15) is 30.6 Å². The summed E-state index contributed by atoms with van der Waals surface area (Å²) in [6.07, 6.45) is 0.716. The zero-order chi connectivity index (χ0) is 15.4. The summed E-state index contributed by atoms with van der Waals surface area (Å²) in [6, 6.07) is 12.3. The van der Waals surface area contributed by atoms with Gasteiger partial charge in [0.25, 0.3) is 5.91 Å². The van der Waals surface area contributed by atoms with Gasteiger partial charge in [0.2, 0.25) is 0 Å². The molecule has 0 heterocycles. The first-order chi connectivity index (χ1) is 10.1. The topological polar surface area (TPSA) is 57.6 Å². The fourth-order valence-corrected chi connectivity index (χ4v) is 2.41. The Bertz CT molecular complexity index is 661. The maximum Gasteiger partial charge on any atom is 0.326 e. The number of carbonyl (C=O) groups excluding carboxylic acids is 1. The summed E-state index contributed by atoms with van der Waals surface area (Å²) in [7, 11) is 0. The van der Waals surface area contributed by atoms with E-state index in [1.165, 1.54) is 4.90 Å². The summed E-state index contributed by atoms with van der Waals surface area (Å²) in [5, 5.41) is 11.0. The summed E-state index contributed by atoms with van der Waals surface area (Å²) < 4.78 is 0. The summed E-state index contributed by atoms with van der Waals surface area (Å²) in [6.45, 7) is 3.90. The first-order valence-electron chi connectivity index (χ1n) is 7.07. The number of carbonyl (C=O) groups is 2. The van der Waals surface area contributed by atoms with Crippen molar-refractivity contribution in [3.05, 3.63) is 48.0 Å². The maximum absolute atomic E-state index is 12.8. The molecule has 2 aromatic carbocycles. The highest BCUT2D eigenvalue weighted by Gasteiger charge is 2.26. The normalized spacial score (nSPS) is 12.1. The second-order valence-electron chi connectivity index (χ2n) is 5.04. The summed E-state index contributed by atoms with van der Waals surface area (Å²) in [4.78, 5) is 25.4. The van der Waals surface area contributed by atoms with Crippen molar-refractivity contribution in [1.29, 1.82) is 0 Å². The van der Waals surface area contributed by atoms with Gasteiger partial charge in [-0.3, -0.25) is 4.79 Å². The van der Waals surface area contributed by atoms with E-state index in [0.29, 0.717) is 18.5 Å². The molecule has 0 spiro atoms. The third-order valence-electron chi connectivity index (χ3n) is 3.57. The van der Waals surface area contributed by atoms with E-state index in [9.17, 15) is 14.7 Å². The predicted molar refractivity (Wildman–Crippen MR) is 82.4 cm³/mol. The lowest BCUT2D eigenvalue weighted by Crippen LogP contribution is -2.43. The number of hydrogen-bond donors (Lipinski definition) is 1. The number of hydrogen-bond acceptors (Lipinski definition) is 2. The minimum Gasteiger partial charge on any atom is -0.480 e. The molecule has 1 atom stereocenters. The fourth-order valence-electron chi connectivity index (χ4n) is 2.41. The van der Waals surface area contributed by atoms with Crippen LogP contribution in [0.2, 0.25) is 0 Å². The van der Waals surface area contributed by atoms with E-state index < -0.39 is 12.0 Å². The maximum atomic E-state index is 12.8. The molecule has 0 aromatic heterocycles. The van der Waals surface area contributed by atoms with Crippen LogP contribution in [0.5, 0.6) is 0 Å². The standard InChI is InChI=1S/C17H19NO3/c1-3-11-18(12(2)17(20)21)16(19)15-10-6-8-13-7-4-5-9-14(13)15/h4-10,12H,3,11H2,1-2H3,(H,20,21). The van der Waals surface area contributed by atoms with Crippen LogP contribution in [-0.4, -0.2) is 34.5 Å². The molecule has 2 rings (SSSR count). The molecule has 0 fully saturated rings. The largest absolute Gasteiger partial charge is 0.480 e. The van der Waals surface area contributed by atoms with Crippen LogP contribution in [0.4, 0.5) is 0 Å². The molecular weight excluding hydrogens is 266 g/mol. The monoisotopic (exact) mass is 285 g/mol. The summed E-state index contributed by atoms with van der Waals surface area (Å²) in [5.41, 5.74) is 0.551. The van der Waals surface area contributed by atoms with Crippen LogP contribution >= 0.6 is 0 Å². The van der Waals surface area contributed by atoms with Crippen molar-refractivity contribution < 1.29 is 14.7 Å². The first-order valence-corrected chi connectivity index (χ1v) is 7.07. The van der Waals surface area contributed by atoms with Gasteiger partial charge in [-0.2, -0.15) is 0 Å². The smallest absolute Gasteiger partial charge is 0.326 e. The van der Waals surface area contributed by atoms with Crippen LogP contribution in [0.25, 0.3) is 10.8 Å². The zero-order valence-electron chi connectivity index (χ0n) is 12.2. The molecule has 0 aliphatic carbocycles. The van der Waals surface area contributed by atoms with Crippen LogP contribution < -0.4 is 0 Å². The van der Waals surface area contributed by atoms with Gasteiger partial charge < -0.3 is 10.0 Å². The predicted octanol–water partition coefficient (Wildman–Crippen LogP) is 3.17. The fraction of sp³-hybridized carbons (Fsp3) is 0.294. The van der Waals surface area contributed by atoms with Gasteiger partial charge in [-0.25, -0.2) is 4.79 Å². The van der Waals surface area contributed by atoms with E-state index in [2.05, 4.69) is 0 Å². The van der Waals surface area contributed by atoms with Gasteiger partial charge >= 0.3 is 5.97 Å². The number of nitrogens with zero attached hydrogens (tertiary/aromatic N) is 1. The molecule has 0 radical (unpaired) electrons. The molecule has 2 aromatic rings. The molecule has 4 heteroatoms. The van der Waals surface area contributed by atoms with Gasteiger partial charge in [0, 0.05) is 12.1 Å². The molecule has 110 valence electrons. The Balaban J connectivity index is 2.46. The summed E-state index contributed by atoms with van der Waals surface area (Å²) >= 11 is 0. The molecule has 0 saturated heterocycles. The number of rotatable bonds is 5. The van der Waals surface area contributed by atoms with Gasteiger partial charge in [0.1, 0.15) is 6.04 Å². The lowest BCUT2D eigenvalue weighted by atomic mass is 10.0. The molecule has 0 aliphatic rings. The van der Waals surface area contributed by atoms with Gasteiger partial charge in [0.15, 0.2) is 0 Å². The van der Waals surface area contributed by atoms with Crippen molar-refractivity contribution in [2.75, 3.05) is 6.54 Å². The zero-order valence-corrected chi connectivity index (χ0v) is 12.2. The molecule has 1 unspecified atom stereocenters. The Morgan fingerprint density at radius 2 is 1.81 bits per heavy atom. The minimum atomic E-state index is -0.989. The Morgan fingerprint density at radius 3 is 2.48 bits per heavy atom. The minimum absolute atomic E-state index is 0.233. The number of aliphatic carboxylic acids is 1. The van der Waals surface area contributed by atoms with Crippen LogP contribution in [0.15, 0.2) is 42.5 Å². The van der Waals surface area contributed by atoms with E-state index in [4.69, 9.17) is 0 Å². The van der Waals surface area contributed by atoms with E-state index in [1.807, 2.05) is 43.3 Å². The third-order valence-corrected chi connectivity index (χ3v) is 3.57. The molecule has 0 bridgehead atoms. The van der Waals surface area contributed by atoms with Gasteiger partial charge in [-0.05, 0) is 30.2 Å². The van der Waals surface area contributed by atoms with E-state index >= 15 is 0 Å². The highest BCUT2D eigenvalue weighted by atomic mass is 16.4. The number of carboxylic acids is 1. The lowest BCUT2D eigenvalue weighted by molar-refractivity contribution is -0.141. The van der Waals surface area contributed by atoms with Gasteiger partial charge in [-0.1, -0.05) is 43.3 Å². The van der Waals surface area contributed by atoms with E-state index in [0.717, 1.165) is 10.8 Å². The number of benzene rings is 2. The van der Waals surface area contributed by atoms with Crippen LogP contribution in [-0.2, 0) is 4.79 Å².